The van der Waals surface area contributed by atoms with Crippen molar-refractivity contribution >= 4 is 10.0 Å². The molecule has 0 aliphatic carbocycles. The standard InChI is InChI=1S/C13H17F3N2O2S/c14-13(15,16)8-10-2-1-3-11(21(17,19)20)12(10)9-4-6-18-7-5-9/h1-3,9,18H,4-8H2,(H2,17,19,20). The number of primary sulfonamides is 1. The van der Waals surface area contributed by atoms with Crippen LogP contribution in [0.3, 0.4) is 0 Å². The van der Waals surface area contributed by atoms with Crippen LogP contribution < -0.4 is 10.5 Å². The van der Waals surface area contributed by atoms with E-state index in [4.69, 9.17) is 5.14 Å². The van der Waals surface area contributed by atoms with Gasteiger partial charge < -0.3 is 5.32 Å². The second-order valence-corrected chi connectivity index (χ2v) is 6.72. The highest BCUT2D eigenvalue weighted by Crippen LogP contribution is 2.35. The average Bonchev–Trinajstić information content (AvgIpc) is 2.36. The average molecular weight is 322 g/mol. The van der Waals surface area contributed by atoms with E-state index in [9.17, 15) is 21.6 Å². The smallest absolute Gasteiger partial charge is 0.317 e. The van der Waals surface area contributed by atoms with E-state index in [0.717, 1.165) is 0 Å². The van der Waals surface area contributed by atoms with E-state index < -0.39 is 22.6 Å². The van der Waals surface area contributed by atoms with Crippen molar-refractivity contribution in [2.45, 2.75) is 36.3 Å². The lowest BCUT2D eigenvalue weighted by Crippen LogP contribution is -2.29. The van der Waals surface area contributed by atoms with Crippen LogP contribution in [0.2, 0.25) is 0 Å². The summed E-state index contributed by atoms with van der Waals surface area (Å²) in [5.41, 5.74) is 0.236. The fourth-order valence-corrected chi connectivity index (χ4v) is 3.65. The van der Waals surface area contributed by atoms with E-state index in [-0.39, 0.29) is 21.9 Å². The molecule has 4 nitrogen and oxygen atoms in total. The van der Waals surface area contributed by atoms with E-state index in [2.05, 4.69) is 5.32 Å². The molecule has 0 aromatic heterocycles. The third kappa shape index (κ3) is 4.18. The second kappa shape index (κ2) is 5.94. The Morgan fingerprint density at radius 1 is 1.24 bits per heavy atom. The molecule has 0 spiro atoms. The lowest BCUT2D eigenvalue weighted by atomic mass is 9.86. The Labute approximate surface area is 121 Å². The van der Waals surface area contributed by atoms with Gasteiger partial charge in [-0.25, -0.2) is 13.6 Å². The number of rotatable bonds is 3. The van der Waals surface area contributed by atoms with E-state index in [1.807, 2.05) is 0 Å². The molecule has 8 heteroatoms. The summed E-state index contributed by atoms with van der Waals surface area (Å²) < 4.78 is 61.6. The minimum Gasteiger partial charge on any atom is -0.317 e. The molecule has 118 valence electrons. The van der Waals surface area contributed by atoms with E-state index in [1.54, 1.807) is 0 Å². The van der Waals surface area contributed by atoms with Crippen LogP contribution in [0, 0.1) is 0 Å². The highest BCUT2D eigenvalue weighted by molar-refractivity contribution is 7.89. The van der Waals surface area contributed by atoms with Gasteiger partial charge in [-0.15, -0.1) is 0 Å². The molecule has 1 aromatic rings. The van der Waals surface area contributed by atoms with Crippen LogP contribution in [0.25, 0.3) is 0 Å². The molecule has 1 heterocycles. The van der Waals surface area contributed by atoms with Crippen LogP contribution in [0.15, 0.2) is 23.1 Å². The van der Waals surface area contributed by atoms with Gasteiger partial charge in [-0.3, -0.25) is 0 Å². The van der Waals surface area contributed by atoms with Gasteiger partial charge in [0.25, 0.3) is 0 Å². The summed E-state index contributed by atoms with van der Waals surface area (Å²) >= 11 is 0. The van der Waals surface area contributed by atoms with Crippen molar-refractivity contribution < 1.29 is 21.6 Å². The summed E-state index contributed by atoms with van der Waals surface area (Å²) in [4.78, 5) is -0.184. The summed E-state index contributed by atoms with van der Waals surface area (Å²) in [6.07, 6.45) is -4.34. The maximum Gasteiger partial charge on any atom is 0.393 e. The topological polar surface area (TPSA) is 72.2 Å². The molecule has 2 rings (SSSR count). The van der Waals surface area contributed by atoms with Gasteiger partial charge in [0.05, 0.1) is 11.3 Å². The van der Waals surface area contributed by atoms with Gasteiger partial charge >= 0.3 is 6.18 Å². The molecular weight excluding hydrogens is 305 g/mol. The summed E-state index contributed by atoms with van der Waals surface area (Å²) in [7, 11) is -4.05. The van der Waals surface area contributed by atoms with E-state index >= 15 is 0 Å². The van der Waals surface area contributed by atoms with Gasteiger partial charge in [-0.2, -0.15) is 13.2 Å². The quantitative estimate of drug-likeness (QED) is 0.893. The number of benzene rings is 1. The zero-order valence-electron chi connectivity index (χ0n) is 11.3. The van der Waals surface area contributed by atoms with Gasteiger partial charge in [0, 0.05) is 0 Å². The van der Waals surface area contributed by atoms with Crippen LogP contribution in [0.5, 0.6) is 0 Å². The fraction of sp³-hybridized carbons (Fsp3) is 0.538. The molecule has 0 radical (unpaired) electrons. The monoisotopic (exact) mass is 322 g/mol. The van der Waals surface area contributed by atoms with Gasteiger partial charge in [0.1, 0.15) is 0 Å². The number of alkyl halides is 3. The third-order valence-corrected chi connectivity index (χ3v) is 4.57. The first-order valence-electron chi connectivity index (χ1n) is 6.60. The number of halogens is 3. The maximum absolute atomic E-state index is 12.7. The molecule has 0 bridgehead atoms. The molecule has 1 aliphatic rings. The number of sulfonamides is 1. The molecule has 0 atom stereocenters. The molecule has 1 fully saturated rings. The SMILES string of the molecule is NS(=O)(=O)c1cccc(CC(F)(F)F)c1C1CCNCC1. The maximum atomic E-state index is 12.7. The Hall–Kier alpha value is -1.12. The Bertz CT molecular complexity index is 608. The summed E-state index contributed by atoms with van der Waals surface area (Å²) in [6, 6.07) is 3.93. The van der Waals surface area contributed by atoms with Crippen LogP contribution in [0.1, 0.15) is 29.9 Å². The van der Waals surface area contributed by atoms with Crippen LogP contribution in [0.4, 0.5) is 13.2 Å². The Morgan fingerprint density at radius 3 is 2.38 bits per heavy atom. The number of nitrogens with one attached hydrogen (secondary N) is 1. The van der Waals surface area contributed by atoms with Crippen molar-refractivity contribution in [3.8, 4) is 0 Å². The van der Waals surface area contributed by atoms with Crippen molar-refractivity contribution in [1.82, 2.24) is 5.32 Å². The van der Waals surface area contributed by atoms with Gasteiger partial charge in [0.15, 0.2) is 0 Å². The minimum atomic E-state index is -4.39. The van der Waals surface area contributed by atoms with Gasteiger partial charge in [-0.05, 0) is 49.0 Å². The minimum absolute atomic E-state index is 0.000856. The number of hydrogen-bond acceptors (Lipinski definition) is 3. The molecule has 0 saturated carbocycles. The molecule has 1 aromatic carbocycles. The summed E-state index contributed by atoms with van der Waals surface area (Å²) in [5.74, 6) is -0.224. The Balaban J connectivity index is 2.54. The predicted octanol–water partition coefficient (Wildman–Crippen LogP) is 1.91. The van der Waals surface area contributed by atoms with E-state index in [1.165, 1.54) is 18.2 Å². The first kappa shape index (κ1) is 16.3. The third-order valence-electron chi connectivity index (χ3n) is 3.60. The highest BCUT2D eigenvalue weighted by atomic mass is 32.2. The fourth-order valence-electron chi connectivity index (χ4n) is 2.78. The zero-order valence-corrected chi connectivity index (χ0v) is 12.1. The number of nitrogens with two attached hydrogens (primary N) is 1. The molecule has 3 N–H and O–H groups in total. The molecule has 1 saturated heterocycles. The predicted molar refractivity (Wildman–Crippen MR) is 72.4 cm³/mol. The number of hydrogen-bond donors (Lipinski definition) is 2. The normalized spacial score (nSPS) is 17.9. The summed E-state index contributed by atoms with van der Waals surface area (Å²) in [6.45, 7) is 1.30. The van der Waals surface area contributed by atoms with Crippen LogP contribution >= 0.6 is 0 Å². The Morgan fingerprint density at radius 2 is 1.86 bits per heavy atom. The van der Waals surface area contributed by atoms with Gasteiger partial charge in [0.2, 0.25) is 10.0 Å². The molecule has 0 unspecified atom stereocenters. The Kier molecular flexibility index (Phi) is 4.60. The van der Waals surface area contributed by atoms with Crippen molar-refractivity contribution in [3.05, 3.63) is 29.3 Å². The van der Waals surface area contributed by atoms with Crippen molar-refractivity contribution in [3.63, 3.8) is 0 Å². The first-order chi connectivity index (χ1) is 9.68. The molecular formula is C13H17F3N2O2S. The molecule has 21 heavy (non-hydrogen) atoms. The van der Waals surface area contributed by atoms with Gasteiger partial charge in [-0.1, -0.05) is 12.1 Å². The summed E-state index contributed by atoms with van der Waals surface area (Å²) in [5, 5.41) is 8.28. The van der Waals surface area contributed by atoms with Crippen molar-refractivity contribution in [2.24, 2.45) is 5.14 Å². The molecule has 0 amide bonds. The van der Waals surface area contributed by atoms with E-state index in [0.29, 0.717) is 25.9 Å². The highest BCUT2D eigenvalue weighted by Gasteiger charge is 2.32. The lowest BCUT2D eigenvalue weighted by Gasteiger charge is -2.27. The second-order valence-electron chi connectivity index (χ2n) is 5.19. The molecule has 1 aliphatic heterocycles. The first-order valence-corrected chi connectivity index (χ1v) is 8.15. The largest absolute Gasteiger partial charge is 0.393 e. The lowest BCUT2D eigenvalue weighted by molar-refractivity contribution is -0.127. The van der Waals surface area contributed by atoms with Crippen molar-refractivity contribution in [2.75, 3.05) is 13.1 Å². The van der Waals surface area contributed by atoms with Crippen LogP contribution in [-0.4, -0.2) is 27.7 Å². The number of piperidine rings is 1. The van der Waals surface area contributed by atoms with Crippen molar-refractivity contribution in [1.29, 1.82) is 0 Å². The zero-order chi connectivity index (χ0) is 15.7. The van der Waals surface area contributed by atoms with Crippen LogP contribution in [-0.2, 0) is 16.4 Å².